The molecule has 10 nitrogen and oxygen atoms in total. The molecule has 4 rings (SSSR count). The van der Waals surface area contributed by atoms with Gasteiger partial charge in [0.05, 0.1) is 24.0 Å². The molecule has 3 aromatic rings. The summed E-state index contributed by atoms with van der Waals surface area (Å²) in [4.78, 5) is 40.0. The highest BCUT2D eigenvalue weighted by atomic mass is 35.5. The number of carbonyl (C=O) groups is 3. The third-order valence-corrected chi connectivity index (χ3v) is 10.2. The Kier molecular flexibility index (Phi) is 12.2. The van der Waals surface area contributed by atoms with E-state index in [4.69, 9.17) is 11.6 Å². The van der Waals surface area contributed by atoms with Crippen molar-refractivity contribution in [1.82, 2.24) is 21.3 Å². The lowest BCUT2D eigenvalue weighted by Gasteiger charge is -2.24. The molecule has 0 saturated heterocycles. The first kappa shape index (κ1) is 35.4. The highest BCUT2D eigenvalue weighted by Gasteiger charge is 2.25. The summed E-state index contributed by atoms with van der Waals surface area (Å²) in [5, 5.41) is 16.8. The second-order valence-electron chi connectivity index (χ2n) is 11.8. The largest absolute Gasteiger partial charge is 0.354 e. The van der Waals surface area contributed by atoms with Gasteiger partial charge in [0.2, 0.25) is 15.9 Å². The van der Waals surface area contributed by atoms with Crippen LogP contribution in [0.1, 0.15) is 71.0 Å². The molecular weight excluding hydrogens is 646 g/mol. The van der Waals surface area contributed by atoms with E-state index in [1.54, 1.807) is 29.5 Å². The fourth-order valence-corrected chi connectivity index (χ4v) is 6.29. The first-order chi connectivity index (χ1) is 21.8. The number of rotatable bonds is 16. The Hall–Kier alpha value is -3.45. The SMILES string of the molecule is CC[C@H](NC[C@H](Cc1ccsc1)NC(=O)c1cc(C(=O)N[C@H](C)c2cccc(Cl)c2)cc(N(C)S(C)(=O)=O)c1)C(=O)NCC1CC1. The monoisotopic (exact) mass is 687 g/mol. The fraction of sp³-hybridized carbons (Fsp3) is 0.424. The van der Waals surface area contributed by atoms with Crippen LogP contribution in [0.25, 0.3) is 0 Å². The molecule has 1 aromatic heterocycles. The topological polar surface area (TPSA) is 137 Å². The Morgan fingerprint density at radius 1 is 1.04 bits per heavy atom. The molecule has 0 aliphatic heterocycles. The van der Waals surface area contributed by atoms with Crippen molar-refractivity contribution in [3.05, 3.63) is 86.6 Å². The number of halogens is 1. The number of anilines is 1. The molecule has 0 spiro atoms. The zero-order valence-electron chi connectivity index (χ0n) is 26.5. The summed E-state index contributed by atoms with van der Waals surface area (Å²) < 4.78 is 25.9. The van der Waals surface area contributed by atoms with Crippen LogP contribution in [0.2, 0.25) is 5.02 Å². The second kappa shape index (κ2) is 15.9. The van der Waals surface area contributed by atoms with Crippen molar-refractivity contribution in [2.24, 2.45) is 5.92 Å². The van der Waals surface area contributed by atoms with E-state index in [0.29, 0.717) is 36.9 Å². The number of hydrogen-bond donors (Lipinski definition) is 4. The minimum absolute atomic E-state index is 0.0609. The standard InChI is InChI=1S/C33H42ClN5O5S2/c1-5-30(33(42)36-18-22-9-10-22)35-19-28(13-23-11-12-45-20-23)38-32(41)26-14-25(16-29(17-26)39(3)46(4,43)44)31(40)37-21(2)24-7-6-8-27(34)15-24/h6-8,11-12,14-17,20-22,28,30,35H,5,9-10,13,18-19H2,1-4H3,(H,36,42)(H,37,40)(H,38,41)/t21-,28+,30+/m1/s1. The smallest absolute Gasteiger partial charge is 0.251 e. The van der Waals surface area contributed by atoms with Gasteiger partial charge in [-0.2, -0.15) is 11.3 Å². The van der Waals surface area contributed by atoms with Gasteiger partial charge >= 0.3 is 0 Å². The Morgan fingerprint density at radius 3 is 2.33 bits per heavy atom. The molecule has 2 aromatic carbocycles. The Labute approximate surface area is 280 Å². The summed E-state index contributed by atoms with van der Waals surface area (Å²) in [7, 11) is -2.33. The third kappa shape index (κ3) is 10.3. The molecule has 4 N–H and O–H groups in total. The predicted octanol–water partition coefficient (Wildman–Crippen LogP) is 4.52. The molecule has 1 saturated carbocycles. The molecule has 3 amide bonds. The number of nitrogens with one attached hydrogen (secondary N) is 4. The molecular formula is C33H42ClN5O5S2. The fourth-order valence-electron chi connectivity index (χ4n) is 4.92. The number of hydrogen-bond acceptors (Lipinski definition) is 7. The molecule has 1 fully saturated rings. The van der Waals surface area contributed by atoms with Crippen LogP contribution in [0.4, 0.5) is 5.69 Å². The Bertz CT molecular complexity index is 1630. The molecule has 1 aliphatic carbocycles. The van der Waals surface area contributed by atoms with Gasteiger partial charge in [-0.15, -0.1) is 0 Å². The molecule has 3 atom stereocenters. The number of benzene rings is 2. The van der Waals surface area contributed by atoms with Crippen LogP contribution < -0.4 is 25.6 Å². The van der Waals surface area contributed by atoms with Crippen molar-refractivity contribution in [3.63, 3.8) is 0 Å². The minimum atomic E-state index is -3.70. The lowest BCUT2D eigenvalue weighted by atomic mass is 10.0. The van der Waals surface area contributed by atoms with Crippen molar-refractivity contribution >= 4 is 56.4 Å². The molecule has 0 unspecified atom stereocenters. The van der Waals surface area contributed by atoms with Crippen molar-refractivity contribution < 1.29 is 22.8 Å². The molecule has 0 radical (unpaired) electrons. The maximum atomic E-state index is 13.8. The Morgan fingerprint density at radius 2 is 1.74 bits per heavy atom. The van der Waals surface area contributed by atoms with Crippen LogP contribution in [0.5, 0.6) is 0 Å². The van der Waals surface area contributed by atoms with E-state index in [9.17, 15) is 22.8 Å². The van der Waals surface area contributed by atoms with E-state index in [2.05, 4.69) is 21.3 Å². The quantitative estimate of drug-likeness (QED) is 0.175. The molecule has 248 valence electrons. The number of sulfonamides is 1. The molecule has 13 heteroatoms. The molecule has 46 heavy (non-hydrogen) atoms. The average Bonchev–Trinajstić information content (AvgIpc) is 3.72. The summed E-state index contributed by atoms with van der Waals surface area (Å²) in [6.07, 6.45) is 4.43. The van der Waals surface area contributed by atoms with Gasteiger partial charge < -0.3 is 21.3 Å². The van der Waals surface area contributed by atoms with E-state index in [-0.39, 0.29) is 22.7 Å². The third-order valence-electron chi connectivity index (χ3n) is 7.99. The zero-order valence-corrected chi connectivity index (χ0v) is 28.9. The summed E-state index contributed by atoms with van der Waals surface area (Å²) in [6, 6.07) is 12.2. The maximum Gasteiger partial charge on any atom is 0.251 e. The minimum Gasteiger partial charge on any atom is -0.354 e. The predicted molar refractivity (Wildman–Crippen MR) is 184 cm³/mol. The molecule has 1 heterocycles. The average molecular weight is 688 g/mol. The van der Waals surface area contributed by atoms with Gasteiger partial charge in [0.25, 0.3) is 11.8 Å². The van der Waals surface area contributed by atoms with Crippen molar-refractivity contribution in [1.29, 1.82) is 0 Å². The molecule has 1 aliphatic rings. The first-order valence-corrected chi connectivity index (χ1v) is 18.5. The van der Waals surface area contributed by atoms with Gasteiger partial charge in [0, 0.05) is 42.3 Å². The van der Waals surface area contributed by atoms with Crippen LogP contribution >= 0.6 is 22.9 Å². The van der Waals surface area contributed by atoms with Crippen LogP contribution in [-0.2, 0) is 21.2 Å². The van der Waals surface area contributed by atoms with Crippen LogP contribution in [0, 0.1) is 5.92 Å². The van der Waals surface area contributed by atoms with E-state index in [0.717, 1.165) is 34.5 Å². The second-order valence-corrected chi connectivity index (χ2v) is 15.0. The van der Waals surface area contributed by atoms with Crippen LogP contribution in [0.15, 0.2) is 59.3 Å². The Balaban J connectivity index is 1.55. The van der Waals surface area contributed by atoms with Crippen LogP contribution in [-0.4, -0.2) is 64.6 Å². The van der Waals surface area contributed by atoms with Gasteiger partial charge in [-0.25, -0.2) is 8.42 Å². The van der Waals surface area contributed by atoms with E-state index in [1.165, 1.54) is 25.2 Å². The van der Waals surface area contributed by atoms with Gasteiger partial charge in [-0.05, 0) is 96.8 Å². The van der Waals surface area contributed by atoms with Gasteiger partial charge in [0.1, 0.15) is 0 Å². The number of carbonyl (C=O) groups excluding carboxylic acids is 3. The summed E-state index contributed by atoms with van der Waals surface area (Å²) in [5.74, 6) is -0.454. The highest BCUT2D eigenvalue weighted by molar-refractivity contribution is 7.92. The van der Waals surface area contributed by atoms with Crippen molar-refractivity contribution in [2.75, 3.05) is 30.7 Å². The van der Waals surface area contributed by atoms with Crippen LogP contribution in [0.3, 0.4) is 0 Å². The number of amides is 3. The van der Waals surface area contributed by atoms with E-state index >= 15 is 0 Å². The van der Waals surface area contributed by atoms with Crippen molar-refractivity contribution in [3.8, 4) is 0 Å². The maximum absolute atomic E-state index is 13.8. The summed E-state index contributed by atoms with van der Waals surface area (Å²) >= 11 is 7.68. The first-order valence-electron chi connectivity index (χ1n) is 15.3. The lowest BCUT2D eigenvalue weighted by molar-refractivity contribution is -0.123. The van der Waals surface area contributed by atoms with Crippen molar-refractivity contribution in [2.45, 2.75) is 57.7 Å². The van der Waals surface area contributed by atoms with Gasteiger partial charge in [-0.1, -0.05) is 30.7 Å². The van der Waals surface area contributed by atoms with E-state index in [1.807, 2.05) is 36.7 Å². The van der Waals surface area contributed by atoms with Gasteiger partial charge in [0.15, 0.2) is 0 Å². The summed E-state index contributed by atoms with van der Waals surface area (Å²) in [5.41, 5.74) is 2.24. The summed E-state index contributed by atoms with van der Waals surface area (Å²) in [6.45, 7) is 4.74. The normalized spacial score (nSPS) is 15.0. The number of nitrogens with zero attached hydrogens (tertiary/aromatic N) is 1. The number of thiophene rings is 1. The molecule has 0 bridgehead atoms. The highest BCUT2D eigenvalue weighted by Crippen LogP contribution is 2.27. The zero-order chi connectivity index (χ0) is 33.4. The van der Waals surface area contributed by atoms with Gasteiger partial charge in [-0.3, -0.25) is 18.7 Å². The lowest BCUT2D eigenvalue weighted by Crippen LogP contribution is -2.50. The van der Waals surface area contributed by atoms with E-state index < -0.39 is 40.0 Å².